The Hall–Kier alpha value is -2.87. The summed E-state index contributed by atoms with van der Waals surface area (Å²) in [5.41, 5.74) is 1.05. The number of fused-ring (bicyclic) bond motifs is 3. The highest BCUT2D eigenvalue weighted by molar-refractivity contribution is 6.36. The SMILES string of the molecule is CC(C)(C)OC(=O)N1CCC(c2ccc3c(c2)c2c(Cl)ncnc2n3C(=O)OC(C)(C)C)CC1. The van der Waals surface area contributed by atoms with E-state index in [-0.39, 0.29) is 17.2 Å². The highest BCUT2D eigenvalue weighted by atomic mass is 35.5. The van der Waals surface area contributed by atoms with Gasteiger partial charge in [-0.3, -0.25) is 0 Å². The van der Waals surface area contributed by atoms with E-state index in [1.807, 2.05) is 53.7 Å². The van der Waals surface area contributed by atoms with Crippen LogP contribution in [-0.2, 0) is 9.47 Å². The number of hydrogen-bond acceptors (Lipinski definition) is 6. The summed E-state index contributed by atoms with van der Waals surface area (Å²) in [6, 6.07) is 5.99. The van der Waals surface area contributed by atoms with Gasteiger partial charge in [0.25, 0.3) is 0 Å². The first-order valence-electron chi connectivity index (χ1n) is 11.5. The van der Waals surface area contributed by atoms with Crippen LogP contribution in [0.1, 0.15) is 65.9 Å². The second kappa shape index (κ2) is 8.73. The Kier molecular flexibility index (Phi) is 6.23. The molecule has 0 radical (unpaired) electrons. The number of hydrogen-bond donors (Lipinski definition) is 0. The fourth-order valence-corrected chi connectivity index (χ4v) is 4.52. The molecule has 182 valence electrons. The minimum absolute atomic E-state index is 0.270. The molecule has 0 saturated carbocycles. The van der Waals surface area contributed by atoms with Gasteiger partial charge < -0.3 is 14.4 Å². The van der Waals surface area contributed by atoms with Crippen LogP contribution in [0.4, 0.5) is 9.59 Å². The second-order valence-electron chi connectivity index (χ2n) is 10.7. The van der Waals surface area contributed by atoms with Crippen LogP contribution in [0.25, 0.3) is 21.9 Å². The smallest absolute Gasteiger partial charge is 0.420 e. The lowest BCUT2D eigenvalue weighted by Gasteiger charge is -2.33. The predicted octanol–water partition coefficient (Wildman–Crippen LogP) is 6.14. The lowest BCUT2D eigenvalue weighted by Crippen LogP contribution is -2.41. The standard InChI is InChI=1S/C25H31ClN4O4/c1-24(2,3)33-22(31)29-11-9-15(10-12-29)16-7-8-18-17(13-16)19-20(26)27-14-28-21(19)30(18)23(32)34-25(4,5)6/h7-8,13-15H,9-12H2,1-6H3. The van der Waals surface area contributed by atoms with Gasteiger partial charge in [0.2, 0.25) is 0 Å². The Morgan fingerprint density at radius 3 is 2.21 bits per heavy atom. The summed E-state index contributed by atoms with van der Waals surface area (Å²) in [6.45, 7) is 12.3. The van der Waals surface area contributed by atoms with Crippen molar-refractivity contribution in [2.24, 2.45) is 0 Å². The molecule has 3 heterocycles. The highest BCUT2D eigenvalue weighted by Gasteiger charge is 2.29. The van der Waals surface area contributed by atoms with E-state index in [4.69, 9.17) is 21.1 Å². The van der Waals surface area contributed by atoms with Gasteiger partial charge in [0.1, 0.15) is 22.7 Å². The van der Waals surface area contributed by atoms with E-state index in [0.717, 1.165) is 23.8 Å². The van der Waals surface area contributed by atoms with E-state index in [9.17, 15) is 9.59 Å². The van der Waals surface area contributed by atoms with E-state index in [0.29, 0.717) is 29.6 Å². The van der Waals surface area contributed by atoms with Crippen LogP contribution < -0.4 is 0 Å². The minimum Gasteiger partial charge on any atom is -0.444 e. The van der Waals surface area contributed by atoms with Crippen molar-refractivity contribution in [1.29, 1.82) is 0 Å². The number of likely N-dealkylation sites (tertiary alicyclic amines) is 1. The van der Waals surface area contributed by atoms with Gasteiger partial charge in [-0.25, -0.2) is 24.1 Å². The Morgan fingerprint density at radius 2 is 1.59 bits per heavy atom. The number of amides is 1. The first-order chi connectivity index (χ1) is 15.8. The van der Waals surface area contributed by atoms with Gasteiger partial charge in [-0.2, -0.15) is 0 Å². The van der Waals surface area contributed by atoms with Gasteiger partial charge in [-0.1, -0.05) is 17.7 Å². The predicted molar refractivity (Wildman–Crippen MR) is 131 cm³/mol. The highest BCUT2D eigenvalue weighted by Crippen LogP contribution is 2.36. The molecule has 1 aliphatic rings. The third kappa shape index (κ3) is 4.97. The van der Waals surface area contributed by atoms with Crippen molar-refractivity contribution in [3.05, 3.63) is 35.2 Å². The first-order valence-corrected chi connectivity index (χ1v) is 11.9. The molecule has 2 aromatic heterocycles. The van der Waals surface area contributed by atoms with Crippen LogP contribution in [0.3, 0.4) is 0 Å². The van der Waals surface area contributed by atoms with Gasteiger partial charge in [-0.15, -0.1) is 0 Å². The van der Waals surface area contributed by atoms with Crippen LogP contribution in [-0.4, -0.2) is 55.9 Å². The molecule has 1 saturated heterocycles. The topological polar surface area (TPSA) is 86.5 Å². The van der Waals surface area contributed by atoms with E-state index < -0.39 is 17.3 Å². The molecule has 9 heteroatoms. The first kappa shape index (κ1) is 24.3. The molecular formula is C25H31ClN4O4. The zero-order valence-corrected chi connectivity index (χ0v) is 21.3. The molecule has 3 aromatic rings. The summed E-state index contributed by atoms with van der Waals surface area (Å²) in [7, 11) is 0. The summed E-state index contributed by atoms with van der Waals surface area (Å²) in [5, 5.41) is 1.71. The molecule has 8 nitrogen and oxygen atoms in total. The molecule has 0 aliphatic carbocycles. The van der Waals surface area contributed by atoms with Crippen molar-refractivity contribution in [3.63, 3.8) is 0 Å². The normalized spacial score (nSPS) is 15.7. The summed E-state index contributed by atoms with van der Waals surface area (Å²) >= 11 is 6.46. The molecule has 0 unspecified atom stereocenters. The van der Waals surface area contributed by atoms with Gasteiger partial charge in [0.05, 0.1) is 10.9 Å². The summed E-state index contributed by atoms with van der Waals surface area (Å²) in [4.78, 5) is 35.7. The molecule has 0 N–H and O–H groups in total. The molecule has 4 rings (SSSR count). The number of benzene rings is 1. The summed E-state index contributed by atoms with van der Waals surface area (Å²) in [6.07, 6.45) is 2.20. The molecule has 0 bridgehead atoms. The quantitative estimate of drug-likeness (QED) is 0.384. The molecule has 1 aliphatic heterocycles. The fraction of sp³-hybridized carbons (Fsp3) is 0.520. The molecule has 1 amide bonds. The van der Waals surface area contributed by atoms with E-state index >= 15 is 0 Å². The maximum Gasteiger partial charge on any atom is 0.420 e. The number of nitrogens with zero attached hydrogens (tertiary/aromatic N) is 4. The minimum atomic E-state index is -0.654. The molecule has 1 aromatic carbocycles. The van der Waals surface area contributed by atoms with E-state index in [2.05, 4.69) is 16.0 Å². The number of carbonyl (C=O) groups is 2. The van der Waals surface area contributed by atoms with Gasteiger partial charge in [0.15, 0.2) is 5.65 Å². The van der Waals surface area contributed by atoms with Gasteiger partial charge in [-0.05, 0) is 78.0 Å². The zero-order chi connectivity index (χ0) is 24.8. The van der Waals surface area contributed by atoms with Crippen molar-refractivity contribution in [3.8, 4) is 0 Å². The van der Waals surface area contributed by atoms with E-state index in [1.54, 1.807) is 4.90 Å². The lowest BCUT2D eigenvalue weighted by atomic mass is 9.89. The van der Waals surface area contributed by atoms with Crippen LogP contribution in [0.15, 0.2) is 24.5 Å². The summed E-state index contributed by atoms with van der Waals surface area (Å²) in [5.74, 6) is 0.270. The zero-order valence-electron chi connectivity index (χ0n) is 20.5. The van der Waals surface area contributed by atoms with Crippen molar-refractivity contribution in [2.45, 2.75) is 71.5 Å². The number of rotatable bonds is 1. The Balaban J connectivity index is 1.66. The Bertz CT molecular complexity index is 1250. The van der Waals surface area contributed by atoms with Crippen LogP contribution in [0.5, 0.6) is 0 Å². The van der Waals surface area contributed by atoms with Gasteiger partial charge >= 0.3 is 12.2 Å². The molecular weight excluding hydrogens is 456 g/mol. The van der Waals surface area contributed by atoms with Gasteiger partial charge in [0, 0.05) is 18.5 Å². The molecule has 0 spiro atoms. The second-order valence-corrected chi connectivity index (χ2v) is 11.1. The third-order valence-corrected chi connectivity index (χ3v) is 6.00. The van der Waals surface area contributed by atoms with Crippen LogP contribution in [0, 0.1) is 0 Å². The Labute approximate surface area is 204 Å². The van der Waals surface area contributed by atoms with E-state index in [1.165, 1.54) is 10.9 Å². The molecule has 34 heavy (non-hydrogen) atoms. The number of piperidine rings is 1. The maximum absolute atomic E-state index is 13.0. The van der Waals surface area contributed by atoms with Crippen molar-refractivity contribution >= 4 is 45.7 Å². The van der Waals surface area contributed by atoms with Crippen molar-refractivity contribution < 1.29 is 19.1 Å². The maximum atomic E-state index is 13.0. The van der Waals surface area contributed by atoms with Crippen molar-refractivity contribution in [2.75, 3.05) is 13.1 Å². The van der Waals surface area contributed by atoms with Crippen LogP contribution in [0.2, 0.25) is 5.15 Å². The summed E-state index contributed by atoms with van der Waals surface area (Å²) < 4.78 is 12.6. The molecule has 1 fully saturated rings. The number of aromatic nitrogens is 3. The lowest BCUT2D eigenvalue weighted by molar-refractivity contribution is 0.0204. The average Bonchev–Trinajstić information content (AvgIpc) is 3.06. The monoisotopic (exact) mass is 486 g/mol. The number of halogens is 1. The Morgan fingerprint density at radius 1 is 0.971 bits per heavy atom. The van der Waals surface area contributed by atoms with Crippen molar-refractivity contribution in [1.82, 2.24) is 19.4 Å². The largest absolute Gasteiger partial charge is 0.444 e. The fourth-order valence-electron chi connectivity index (χ4n) is 4.29. The van der Waals surface area contributed by atoms with Crippen LogP contribution >= 0.6 is 11.6 Å². The third-order valence-electron chi connectivity index (χ3n) is 5.72. The molecule has 0 atom stereocenters. The average molecular weight is 487 g/mol. The number of ether oxygens (including phenoxy) is 2. The number of carbonyl (C=O) groups excluding carboxylic acids is 2.